The minimum absolute atomic E-state index is 0.00916. The van der Waals surface area contributed by atoms with Crippen LogP contribution in [0.2, 0.25) is 0 Å². The van der Waals surface area contributed by atoms with E-state index in [2.05, 4.69) is 0 Å². The summed E-state index contributed by atoms with van der Waals surface area (Å²) in [7, 11) is 0. The molecule has 96 valence electrons. The van der Waals surface area contributed by atoms with Gasteiger partial charge in [-0.15, -0.1) is 11.6 Å². The van der Waals surface area contributed by atoms with Gasteiger partial charge >= 0.3 is 0 Å². The molecule has 2 aromatic rings. The van der Waals surface area contributed by atoms with Crippen molar-refractivity contribution in [3.8, 4) is 0 Å². The van der Waals surface area contributed by atoms with Crippen LogP contribution in [0.3, 0.4) is 0 Å². The van der Waals surface area contributed by atoms with Gasteiger partial charge in [0.2, 0.25) is 0 Å². The zero-order valence-electron chi connectivity index (χ0n) is 10.3. The summed E-state index contributed by atoms with van der Waals surface area (Å²) in [6.45, 7) is 0. The van der Waals surface area contributed by atoms with Crippen LogP contribution in [0.25, 0.3) is 0 Å². The Balaban J connectivity index is 1.88. The van der Waals surface area contributed by atoms with Crippen molar-refractivity contribution in [1.82, 2.24) is 0 Å². The summed E-state index contributed by atoms with van der Waals surface area (Å²) < 4.78 is 5.67. The summed E-state index contributed by atoms with van der Waals surface area (Å²) in [5, 5.41) is 0. The van der Waals surface area contributed by atoms with E-state index in [9.17, 15) is 4.79 Å². The average Bonchev–Trinajstić information content (AvgIpc) is 3.24. The van der Waals surface area contributed by atoms with Crippen LogP contribution >= 0.6 is 11.6 Å². The van der Waals surface area contributed by atoms with Crippen LogP contribution in [-0.4, -0.2) is 17.8 Å². The predicted octanol–water partition coefficient (Wildman–Crippen LogP) is 3.40. The van der Waals surface area contributed by atoms with E-state index in [0.29, 0.717) is 5.56 Å². The molecule has 2 nitrogen and oxygen atoms in total. The second-order valence-electron chi connectivity index (χ2n) is 4.62. The van der Waals surface area contributed by atoms with Gasteiger partial charge < -0.3 is 4.74 Å². The number of epoxide rings is 1. The number of benzene rings is 2. The van der Waals surface area contributed by atoms with Crippen molar-refractivity contribution in [2.24, 2.45) is 0 Å². The van der Waals surface area contributed by atoms with E-state index in [1.54, 1.807) is 12.1 Å². The maximum Gasteiger partial charge on any atom is 0.195 e. The average molecular weight is 273 g/mol. The molecule has 3 rings (SSSR count). The van der Waals surface area contributed by atoms with E-state index in [4.69, 9.17) is 16.3 Å². The highest BCUT2D eigenvalue weighted by molar-refractivity contribution is 6.19. The summed E-state index contributed by atoms with van der Waals surface area (Å²) in [6, 6.07) is 18.9. The third-order valence-electron chi connectivity index (χ3n) is 3.45. The molecule has 0 spiro atoms. The highest BCUT2D eigenvalue weighted by Gasteiger charge is 2.61. The van der Waals surface area contributed by atoms with Crippen LogP contribution in [0.4, 0.5) is 0 Å². The molecule has 1 aliphatic heterocycles. The van der Waals surface area contributed by atoms with E-state index < -0.39 is 11.7 Å². The Labute approximate surface area is 117 Å². The molecule has 0 amide bonds. The Morgan fingerprint density at radius 3 is 2.21 bits per heavy atom. The van der Waals surface area contributed by atoms with E-state index >= 15 is 0 Å². The van der Waals surface area contributed by atoms with Gasteiger partial charge in [0.25, 0.3) is 0 Å². The van der Waals surface area contributed by atoms with E-state index in [1.807, 2.05) is 48.5 Å². The lowest BCUT2D eigenvalue weighted by Crippen LogP contribution is -2.21. The number of hydrogen-bond acceptors (Lipinski definition) is 2. The van der Waals surface area contributed by atoms with Crippen molar-refractivity contribution in [1.29, 1.82) is 0 Å². The number of halogens is 1. The van der Waals surface area contributed by atoms with Gasteiger partial charge in [-0.3, -0.25) is 4.79 Å². The summed E-state index contributed by atoms with van der Waals surface area (Å²) in [6.07, 6.45) is -0.477. The van der Waals surface area contributed by atoms with Gasteiger partial charge in [0.1, 0.15) is 5.60 Å². The van der Waals surface area contributed by atoms with Gasteiger partial charge in [-0.2, -0.15) is 0 Å². The molecule has 0 unspecified atom stereocenters. The molecular weight excluding hydrogens is 260 g/mol. The molecule has 0 aliphatic carbocycles. The molecule has 3 heteroatoms. The summed E-state index contributed by atoms with van der Waals surface area (Å²) >= 11 is 6.04. The number of hydrogen-bond donors (Lipinski definition) is 0. The molecular formula is C16H13ClO2. The number of alkyl halides is 1. The fourth-order valence-electron chi connectivity index (χ4n) is 2.31. The van der Waals surface area contributed by atoms with E-state index in [1.165, 1.54) is 0 Å². The third-order valence-corrected chi connectivity index (χ3v) is 3.85. The highest BCUT2D eigenvalue weighted by Crippen LogP contribution is 2.48. The van der Waals surface area contributed by atoms with Crippen LogP contribution in [0.1, 0.15) is 15.9 Å². The van der Waals surface area contributed by atoms with E-state index in [0.717, 1.165) is 5.56 Å². The lowest BCUT2D eigenvalue weighted by Gasteiger charge is -2.09. The quantitative estimate of drug-likeness (QED) is 0.485. The Morgan fingerprint density at radius 2 is 1.63 bits per heavy atom. The number of Topliss-reactive ketones (excluding diaryl/α,β-unsaturated/α-hetero) is 1. The van der Waals surface area contributed by atoms with Crippen molar-refractivity contribution < 1.29 is 9.53 Å². The predicted molar refractivity (Wildman–Crippen MR) is 74.5 cm³/mol. The van der Waals surface area contributed by atoms with Crippen LogP contribution in [0.5, 0.6) is 0 Å². The number of rotatable bonds is 4. The first-order valence-corrected chi connectivity index (χ1v) is 6.70. The molecule has 19 heavy (non-hydrogen) atoms. The largest absolute Gasteiger partial charge is 0.351 e. The molecule has 0 N–H and O–H groups in total. The Morgan fingerprint density at radius 1 is 1.05 bits per heavy atom. The van der Waals surface area contributed by atoms with Gasteiger partial charge in [0, 0.05) is 5.56 Å². The molecule has 1 fully saturated rings. The van der Waals surface area contributed by atoms with Crippen molar-refractivity contribution in [3.63, 3.8) is 0 Å². The Hall–Kier alpha value is -1.64. The summed E-state index contributed by atoms with van der Waals surface area (Å²) in [5.74, 6) is 0.269. The van der Waals surface area contributed by atoms with Gasteiger partial charge in [-0.25, -0.2) is 0 Å². The molecule has 2 aromatic carbocycles. The fourth-order valence-corrected chi connectivity index (χ4v) is 2.67. The van der Waals surface area contributed by atoms with Crippen LogP contribution in [-0.2, 0) is 10.3 Å². The molecule has 0 radical (unpaired) electrons. The first-order valence-electron chi connectivity index (χ1n) is 6.16. The van der Waals surface area contributed by atoms with E-state index in [-0.39, 0.29) is 11.7 Å². The van der Waals surface area contributed by atoms with Gasteiger partial charge in [-0.05, 0) is 5.56 Å². The number of ether oxygens (including phenoxy) is 1. The van der Waals surface area contributed by atoms with Crippen molar-refractivity contribution in [2.75, 3.05) is 5.88 Å². The van der Waals surface area contributed by atoms with Crippen LogP contribution in [0.15, 0.2) is 60.7 Å². The summed E-state index contributed by atoms with van der Waals surface area (Å²) in [5.41, 5.74) is 0.963. The monoisotopic (exact) mass is 272 g/mol. The lowest BCUT2D eigenvalue weighted by atomic mass is 9.93. The van der Waals surface area contributed by atoms with Gasteiger partial charge in [0.15, 0.2) is 11.9 Å². The summed E-state index contributed by atoms with van der Waals surface area (Å²) in [4.78, 5) is 12.4. The first kappa shape index (κ1) is 12.4. The van der Waals surface area contributed by atoms with Crippen molar-refractivity contribution >= 4 is 17.4 Å². The lowest BCUT2D eigenvalue weighted by molar-refractivity contribution is 0.0953. The highest BCUT2D eigenvalue weighted by atomic mass is 35.5. The first-order chi connectivity index (χ1) is 9.28. The van der Waals surface area contributed by atoms with Gasteiger partial charge in [0.05, 0.1) is 5.88 Å². The van der Waals surface area contributed by atoms with Crippen molar-refractivity contribution in [3.05, 3.63) is 71.8 Å². The maximum atomic E-state index is 12.4. The minimum atomic E-state index is -0.657. The Kier molecular flexibility index (Phi) is 3.13. The standard InChI is InChI=1S/C16H13ClO2/c17-11-16(13-9-5-2-6-10-13)15(19-16)14(18)12-7-3-1-4-8-12/h1-10,15H,11H2/t15-,16+/m0/s1. The molecule has 1 saturated heterocycles. The molecule has 0 aromatic heterocycles. The molecule has 1 heterocycles. The second-order valence-corrected chi connectivity index (χ2v) is 4.88. The fraction of sp³-hybridized carbons (Fsp3) is 0.188. The number of carbonyl (C=O) groups is 1. The zero-order valence-corrected chi connectivity index (χ0v) is 11.0. The van der Waals surface area contributed by atoms with Crippen LogP contribution < -0.4 is 0 Å². The number of ketones is 1. The topological polar surface area (TPSA) is 29.6 Å². The zero-order chi connectivity index (χ0) is 13.3. The Bertz CT molecular complexity index is 582. The second kappa shape index (κ2) is 4.80. The maximum absolute atomic E-state index is 12.4. The molecule has 0 bridgehead atoms. The molecule has 0 saturated carbocycles. The normalized spacial score (nSPS) is 25.0. The van der Waals surface area contributed by atoms with Crippen molar-refractivity contribution in [2.45, 2.75) is 11.7 Å². The smallest absolute Gasteiger partial charge is 0.195 e. The number of carbonyl (C=O) groups excluding carboxylic acids is 1. The minimum Gasteiger partial charge on any atom is -0.351 e. The molecule has 1 aliphatic rings. The SMILES string of the molecule is O=C(c1ccccc1)[C@@H]1O[C@]1(CCl)c1ccccc1. The molecule has 2 atom stereocenters. The van der Waals surface area contributed by atoms with Crippen LogP contribution in [0, 0.1) is 0 Å². The van der Waals surface area contributed by atoms with Gasteiger partial charge in [-0.1, -0.05) is 60.7 Å². The third kappa shape index (κ3) is 2.07.